The first-order valence-corrected chi connectivity index (χ1v) is 16.2. The molecule has 0 saturated heterocycles. The molecule has 4 N–H and O–H groups in total. The van der Waals surface area contributed by atoms with Crippen molar-refractivity contribution in [1.29, 1.82) is 0 Å². The Morgan fingerprint density at radius 1 is 0.463 bits per heavy atom. The second kappa shape index (κ2) is 12.1. The summed E-state index contributed by atoms with van der Waals surface area (Å²) in [5, 5.41) is 41.4. The molecule has 0 amide bonds. The normalized spacial score (nSPS) is 11.1. The predicted molar refractivity (Wildman–Crippen MR) is 163 cm³/mol. The van der Waals surface area contributed by atoms with Gasteiger partial charge in [0.2, 0.25) is 0 Å². The van der Waals surface area contributed by atoms with Crippen molar-refractivity contribution in [2.45, 2.75) is 25.7 Å². The lowest BCUT2D eigenvalue weighted by Crippen LogP contribution is -2.00. The molecule has 0 aliphatic carbocycles. The van der Waals surface area contributed by atoms with Crippen LogP contribution in [0.25, 0.3) is 39.0 Å². The van der Waals surface area contributed by atoms with Crippen molar-refractivity contribution in [1.82, 2.24) is 0 Å². The van der Waals surface area contributed by atoms with Crippen molar-refractivity contribution in [2.24, 2.45) is 0 Å². The molecule has 8 nitrogen and oxygen atoms in total. The molecule has 5 aromatic rings. The minimum absolute atomic E-state index is 0.130. The van der Waals surface area contributed by atoms with Gasteiger partial charge < -0.3 is 20.4 Å². The maximum Gasteiger partial charge on any atom is 0.307 e. The summed E-state index contributed by atoms with van der Waals surface area (Å²) in [6.45, 7) is 0. The van der Waals surface area contributed by atoms with Crippen molar-refractivity contribution in [2.75, 3.05) is 0 Å². The lowest BCUT2D eigenvalue weighted by atomic mass is 10.1. The van der Waals surface area contributed by atoms with Crippen molar-refractivity contribution in [3.63, 3.8) is 0 Å². The summed E-state index contributed by atoms with van der Waals surface area (Å²) in [5.74, 6) is -3.85. The average Bonchev–Trinajstić information content (AvgIpc) is 3.68. The van der Waals surface area contributed by atoms with Gasteiger partial charge in [-0.2, -0.15) is 0 Å². The highest BCUT2D eigenvalue weighted by Gasteiger charge is 2.22. The zero-order valence-corrected chi connectivity index (χ0v) is 25.0. The van der Waals surface area contributed by atoms with Crippen molar-refractivity contribution >= 4 is 80.6 Å². The Hall–Kier alpha value is -3.62. The number of rotatable bonds is 12. The smallest absolute Gasteiger partial charge is 0.307 e. The number of hydrogen-bond donors (Lipinski definition) is 4. The van der Waals surface area contributed by atoms with Gasteiger partial charge in [0.15, 0.2) is 0 Å². The Balaban J connectivity index is 1.56. The molecule has 0 radical (unpaired) electrons. The molecule has 0 bridgehead atoms. The van der Waals surface area contributed by atoms with Crippen LogP contribution in [0.15, 0.2) is 47.2 Å². The van der Waals surface area contributed by atoms with Crippen molar-refractivity contribution in [3.05, 3.63) is 69.4 Å². The van der Waals surface area contributed by atoms with Gasteiger partial charge >= 0.3 is 23.9 Å². The number of aliphatic carboxylic acids is 4. The fraction of sp³-hybridized carbons (Fsp3) is 0.143. The van der Waals surface area contributed by atoms with Crippen LogP contribution in [0.4, 0.5) is 0 Å². The van der Waals surface area contributed by atoms with E-state index in [2.05, 4.69) is 0 Å². The fourth-order valence-corrected chi connectivity index (χ4v) is 10.2. The summed E-state index contributed by atoms with van der Waals surface area (Å²) in [5.41, 5.74) is 2.58. The number of thiophene rings is 5. The van der Waals surface area contributed by atoms with Gasteiger partial charge in [-0.3, -0.25) is 19.2 Å². The second-order valence-electron chi connectivity index (χ2n) is 8.93. The molecule has 0 spiro atoms. The maximum atomic E-state index is 11.7. The SMILES string of the molecule is O=C(O)Cc1ccsc1-c1cc(CC(=O)O)c(-c2ccc(-c3sc(-c4sccc4CC(=O)O)cc3CC(=O)O)s2)s1. The zero-order chi connectivity index (χ0) is 29.3. The van der Waals surface area contributed by atoms with Gasteiger partial charge in [0.1, 0.15) is 0 Å². The molecule has 5 aromatic heterocycles. The zero-order valence-electron chi connectivity index (χ0n) is 20.9. The average molecular weight is 645 g/mol. The lowest BCUT2D eigenvalue weighted by molar-refractivity contribution is -0.137. The number of carbonyl (C=O) groups is 4. The molecule has 0 aliphatic rings. The van der Waals surface area contributed by atoms with E-state index in [1.807, 2.05) is 35.0 Å². The first-order chi connectivity index (χ1) is 19.6. The highest BCUT2D eigenvalue weighted by atomic mass is 32.1. The van der Waals surface area contributed by atoms with Gasteiger partial charge in [-0.05, 0) is 69.4 Å². The van der Waals surface area contributed by atoms with Gasteiger partial charge in [0, 0.05) is 39.0 Å². The minimum atomic E-state index is -0.982. The molecule has 0 atom stereocenters. The topological polar surface area (TPSA) is 149 Å². The molecule has 5 heterocycles. The summed E-state index contributed by atoms with van der Waals surface area (Å²) in [6.07, 6.45) is -0.655. The number of hydrogen-bond acceptors (Lipinski definition) is 9. The first kappa shape index (κ1) is 28.9. The predicted octanol–water partition coefficient (Wildman–Crippen LogP) is 7.17. The summed E-state index contributed by atoms with van der Waals surface area (Å²) < 4.78 is 0. The Bertz CT molecular complexity index is 1650. The fourth-order valence-electron chi connectivity index (χ4n) is 4.38. The Morgan fingerprint density at radius 3 is 1.20 bits per heavy atom. The van der Waals surface area contributed by atoms with E-state index in [4.69, 9.17) is 0 Å². The Morgan fingerprint density at radius 2 is 0.829 bits per heavy atom. The molecular weight excluding hydrogens is 625 g/mol. The third-order valence-electron chi connectivity index (χ3n) is 5.98. The molecule has 13 heteroatoms. The lowest BCUT2D eigenvalue weighted by Gasteiger charge is -1.99. The van der Waals surface area contributed by atoms with Gasteiger partial charge in [0.25, 0.3) is 0 Å². The number of carboxylic acids is 4. The van der Waals surface area contributed by atoms with Crippen LogP contribution >= 0.6 is 56.7 Å². The van der Waals surface area contributed by atoms with Gasteiger partial charge in [-0.25, -0.2) is 0 Å². The Kier molecular flexibility index (Phi) is 8.52. The molecule has 0 saturated carbocycles. The minimum Gasteiger partial charge on any atom is -0.481 e. The third-order valence-corrected chi connectivity index (χ3v) is 12.1. The molecule has 41 heavy (non-hydrogen) atoms. The van der Waals surface area contributed by atoms with Crippen LogP contribution in [0, 0.1) is 0 Å². The Labute approximate surface area is 253 Å². The van der Waals surface area contributed by atoms with E-state index in [-0.39, 0.29) is 25.7 Å². The quantitative estimate of drug-likeness (QED) is 0.112. The van der Waals surface area contributed by atoms with Gasteiger partial charge in [-0.15, -0.1) is 56.7 Å². The van der Waals surface area contributed by atoms with E-state index in [9.17, 15) is 39.6 Å². The number of carboxylic acid groups (broad SMARTS) is 4. The van der Waals surface area contributed by atoms with Crippen molar-refractivity contribution in [3.8, 4) is 39.0 Å². The van der Waals surface area contributed by atoms with E-state index in [0.717, 1.165) is 39.0 Å². The van der Waals surface area contributed by atoms with E-state index >= 15 is 0 Å². The molecule has 0 unspecified atom stereocenters. The standard InChI is InChI=1S/C28H20O8S5/c29-21(30)9-13-3-5-37-25(13)19-7-15(11-23(33)34)27(40-19)17-1-2-18(39-17)28-16(12-24(35)36)8-20(41-28)26-14(4-6-38-26)10-22(31)32/h1-8H,9-12H2,(H,29,30)(H,31,32)(H,33,34)(H,35,36). The van der Waals surface area contributed by atoms with Crippen molar-refractivity contribution < 1.29 is 39.6 Å². The van der Waals surface area contributed by atoms with Crippen LogP contribution in [0.1, 0.15) is 22.3 Å². The molecule has 0 aliphatic heterocycles. The van der Waals surface area contributed by atoms with Crippen LogP contribution < -0.4 is 0 Å². The summed E-state index contributed by atoms with van der Waals surface area (Å²) >= 11 is 7.06. The van der Waals surface area contributed by atoms with E-state index in [1.54, 1.807) is 12.1 Å². The van der Waals surface area contributed by atoms with E-state index in [0.29, 0.717) is 22.3 Å². The van der Waals surface area contributed by atoms with Crippen LogP contribution in [0.3, 0.4) is 0 Å². The monoisotopic (exact) mass is 644 g/mol. The van der Waals surface area contributed by atoms with E-state index in [1.165, 1.54) is 56.7 Å². The van der Waals surface area contributed by atoms with Gasteiger partial charge in [0.05, 0.1) is 25.7 Å². The highest BCUT2D eigenvalue weighted by Crippen LogP contribution is 2.48. The second-order valence-corrected chi connectivity index (χ2v) is 13.9. The largest absolute Gasteiger partial charge is 0.481 e. The molecule has 0 fully saturated rings. The third kappa shape index (κ3) is 6.49. The summed E-state index contributed by atoms with van der Waals surface area (Å²) in [7, 11) is 0. The van der Waals surface area contributed by atoms with Crippen LogP contribution in [-0.2, 0) is 44.9 Å². The molecular formula is C28H20O8S5. The molecule has 0 aromatic carbocycles. The highest BCUT2D eigenvalue weighted by molar-refractivity contribution is 7.29. The van der Waals surface area contributed by atoms with E-state index < -0.39 is 23.9 Å². The van der Waals surface area contributed by atoms with Gasteiger partial charge in [-0.1, -0.05) is 0 Å². The molecule has 210 valence electrons. The van der Waals surface area contributed by atoms with Crippen LogP contribution in [0.5, 0.6) is 0 Å². The van der Waals surface area contributed by atoms with Crippen LogP contribution in [0.2, 0.25) is 0 Å². The van der Waals surface area contributed by atoms with Crippen LogP contribution in [-0.4, -0.2) is 44.3 Å². The molecule has 5 rings (SSSR count). The maximum absolute atomic E-state index is 11.7. The summed E-state index contributed by atoms with van der Waals surface area (Å²) in [6, 6.07) is 10.9. The summed E-state index contributed by atoms with van der Waals surface area (Å²) in [4.78, 5) is 52.4. The first-order valence-electron chi connectivity index (χ1n) is 12.0.